The van der Waals surface area contributed by atoms with Gasteiger partial charge in [-0.15, -0.1) is 0 Å². The molecule has 5 nitrogen and oxygen atoms in total. The fraction of sp³-hybridized carbons (Fsp3) is 0.467. The summed E-state index contributed by atoms with van der Waals surface area (Å²) in [5.74, 6) is 0. The predicted octanol–water partition coefficient (Wildman–Crippen LogP) is 3.61. The van der Waals surface area contributed by atoms with E-state index in [0.717, 1.165) is 18.7 Å². The van der Waals surface area contributed by atoms with E-state index in [1.165, 1.54) is 7.11 Å². The molecule has 1 rings (SSSR count). The van der Waals surface area contributed by atoms with Crippen molar-refractivity contribution in [3.63, 3.8) is 0 Å². The number of carbonyl (C=O) groups excluding carboxylic acids is 1. The van der Waals surface area contributed by atoms with Gasteiger partial charge in [0.15, 0.2) is 0 Å². The Hall–Kier alpha value is -2.22. The smallest absolute Gasteiger partial charge is 0.411 e. The van der Waals surface area contributed by atoms with Crippen molar-refractivity contribution in [1.29, 1.82) is 5.26 Å². The van der Waals surface area contributed by atoms with E-state index >= 15 is 0 Å². The van der Waals surface area contributed by atoms with E-state index in [0.29, 0.717) is 12.1 Å². The number of amides is 1. The van der Waals surface area contributed by atoms with Crippen molar-refractivity contribution >= 4 is 17.5 Å². The van der Waals surface area contributed by atoms with Crippen LogP contribution in [0.2, 0.25) is 0 Å². The number of benzene rings is 1. The number of ether oxygens (including phenoxy) is 1. The lowest BCUT2D eigenvalue weighted by molar-refractivity contribution is 0.187. The van der Waals surface area contributed by atoms with Crippen molar-refractivity contribution in [2.75, 3.05) is 24.3 Å². The number of carbonyl (C=O) groups is 1. The average Bonchev–Trinajstić information content (AvgIpc) is 2.44. The highest BCUT2D eigenvalue weighted by atomic mass is 16.5. The van der Waals surface area contributed by atoms with Gasteiger partial charge in [-0.25, -0.2) is 4.79 Å². The van der Waals surface area contributed by atoms with Gasteiger partial charge in [0.25, 0.3) is 0 Å². The largest absolute Gasteiger partial charge is 0.453 e. The highest BCUT2D eigenvalue weighted by molar-refractivity contribution is 5.84. The summed E-state index contributed by atoms with van der Waals surface area (Å²) in [6.45, 7) is 5.05. The molecule has 0 aliphatic carbocycles. The lowest BCUT2D eigenvalue weighted by atomic mass is 9.88. The third-order valence-electron chi connectivity index (χ3n) is 3.00. The first kappa shape index (κ1) is 15.8. The molecule has 0 heterocycles. The van der Waals surface area contributed by atoms with E-state index in [9.17, 15) is 4.79 Å². The van der Waals surface area contributed by atoms with Gasteiger partial charge in [-0.1, -0.05) is 13.8 Å². The van der Waals surface area contributed by atoms with Crippen LogP contribution in [0.4, 0.5) is 16.2 Å². The molecule has 0 bridgehead atoms. The predicted molar refractivity (Wildman–Crippen MR) is 79.6 cm³/mol. The van der Waals surface area contributed by atoms with Crippen molar-refractivity contribution < 1.29 is 9.53 Å². The maximum absolute atomic E-state index is 11.0. The van der Waals surface area contributed by atoms with Crippen molar-refractivity contribution in [2.24, 2.45) is 5.41 Å². The van der Waals surface area contributed by atoms with Crippen LogP contribution in [0.15, 0.2) is 24.3 Å². The van der Waals surface area contributed by atoms with Gasteiger partial charge in [-0.3, -0.25) is 5.32 Å². The third kappa shape index (κ3) is 5.61. The van der Waals surface area contributed by atoms with E-state index in [-0.39, 0.29) is 5.41 Å². The van der Waals surface area contributed by atoms with Gasteiger partial charge in [0.1, 0.15) is 0 Å². The zero-order chi connectivity index (χ0) is 15.0. The molecule has 0 aliphatic heterocycles. The number of methoxy groups -OCH3 is 1. The minimum absolute atomic E-state index is 0.0681. The van der Waals surface area contributed by atoms with Crippen LogP contribution in [0.25, 0.3) is 0 Å². The Morgan fingerprint density at radius 2 is 1.90 bits per heavy atom. The zero-order valence-electron chi connectivity index (χ0n) is 12.2. The first-order valence-corrected chi connectivity index (χ1v) is 6.53. The Morgan fingerprint density at radius 3 is 2.45 bits per heavy atom. The SMILES string of the molecule is COC(=O)Nc1ccc(NCC(C)(C)CCC#N)cc1. The van der Waals surface area contributed by atoms with Crippen molar-refractivity contribution in [3.8, 4) is 6.07 Å². The Balaban J connectivity index is 2.49. The summed E-state index contributed by atoms with van der Waals surface area (Å²) in [5, 5.41) is 14.6. The van der Waals surface area contributed by atoms with Crippen molar-refractivity contribution in [1.82, 2.24) is 0 Å². The molecule has 1 amide bonds. The molecule has 0 radical (unpaired) electrons. The monoisotopic (exact) mass is 275 g/mol. The summed E-state index contributed by atoms with van der Waals surface area (Å²) in [6, 6.07) is 9.58. The highest BCUT2D eigenvalue weighted by Gasteiger charge is 2.16. The lowest BCUT2D eigenvalue weighted by Gasteiger charge is -2.24. The molecule has 0 unspecified atom stereocenters. The molecular weight excluding hydrogens is 254 g/mol. The van der Waals surface area contributed by atoms with Crippen LogP contribution in [-0.2, 0) is 4.74 Å². The van der Waals surface area contributed by atoms with Gasteiger partial charge in [0.2, 0.25) is 0 Å². The fourth-order valence-electron chi connectivity index (χ4n) is 1.66. The zero-order valence-corrected chi connectivity index (χ0v) is 12.2. The Bertz CT molecular complexity index is 475. The van der Waals surface area contributed by atoms with Crippen LogP contribution in [0.3, 0.4) is 0 Å². The topological polar surface area (TPSA) is 74.2 Å². The number of hydrogen-bond donors (Lipinski definition) is 2. The second-order valence-electron chi connectivity index (χ2n) is 5.37. The Labute approximate surface area is 119 Å². The number of nitrogens with one attached hydrogen (secondary N) is 2. The third-order valence-corrected chi connectivity index (χ3v) is 3.00. The fourth-order valence-corrected chi connectivity index (χ4v) is 1.66. The number of anilines is 2. The molecule has 0 aliphatic rings. The summed E-state index contributed by atoms with van der Waals surface area (Å²) in [5.41, 5.74) is 1.73. The maximum Gasteiger partial charge on any atom is 0.411 e. The first-order valence-electron chi connectivity index (χ1n) is 6.53. The van der Waals surface area contributed by atoms with Gasteiger partial charge in [0.05, 0.1) is 13.2 Å². The second-order valence-corrected chi connectivity index (χ2v) is 5.37. The van der Waals surface area contributed by atoms with Crippen molar-refractivity contribution in [3.05, 3.63) is 24.3 Å². The summed E-state index contributed by atoms with van der Waals surface area (Å²) < 4.78 is 4.52. The van der Waals surface area contributed by atoms with Crippen LogP contribution < -0.4 is 10.6 Å². The van der Waals surface area contributed by atoms with Gasteiger partial charge in [-0.2, -0.15) is 5.26 Å². The van der Waals surface area contributed by atoms with Crippen molar-refractivity contribution in [2.45, 2.75) is 26.7 Å². The molecule has 1 aromatic carbocycles. The van der Waals surface area contributed by atoms with E-state index in [2.05, 4.69) is 35.3 Å². The number of hydrogen-bond acceptors (Lipinski definition) is 4. The number of nitriles is 1. The normalized spacial score (nSPS) is 10.5. The summed E-state index contributed by atoms with van der Waals surface area (Å²) in [7, 11) is 1.33. The first-order chi connectivity index (χ1) is 9.46. The molecule has 0 saturated heterocycles. The molecule has 0 aromatic heterocycles. The van der Waals surface area contributed by atoms with Gasteiger partial charge in [-0.05, 0) is 36.1 Å². The minimum atomic E-state index is -0.483. The summed E-state index contributed by atoms with van der Waals surface area (Å²) in [6.07, 6.45) is 0.943. The standard InChI is InChI=1S/C15H21N3O2/c1-15(2,9-4-10-16)11-17-12-5-7-13(8-6-12)18-14(19)20-3/h5-8,17H,4,9,11H2,1-3H3,(H,18,19). The molecule has 108 valence electrons. The minimum Gasteiger partial charge on any atom is -0.453 e. The van der Waals surface area contributed by atoms with Crippen LogP contribution in [0.1, 0.15) is 26.7 Å². The lowest BCUT2D eigenvalue weighted by Crippen LogP contribution is -2.22. The van der Waals surface area contributed by atoms with E-state index in [1.54, 1.807) is 0 Å². The van der Waals surface area contributed by atoms with Gasteiger partial charge < -0.3 is 10.1 Å². The van der Waals surface area contributed by atoms with Crippen LogP contribution in [0.5, 0.6) is 0 Å². The molecular formula is C15H21N3O2. The number of rotatable bonds is 6. The van der Waals surface area contributed by atoms with Crippen LogP contribution in [0, 0.1) is 16.7 Å². The van der Waals surface area contributed by atoms with Gasteiger partial charge >= 0.3 is 6.09 Å². The van der Waals surface area contributed by atoms with E-state index in [4.69, 9.17) is 5.26 Å². The van der Waals surface area contributed by atoms with E-state index in [1.807, 2.05) is 24.3 Å². The molecule has 2 N–H and O–H groups in total. The van der Waals surface area contributed by atoms with Crippen LogP contribution in [-0.4, -0.2) is 19.7 Å². The Kier molecular flexibility index (Phi) is 5.85. The number of nitrogens with zero attached hydrogens (tertiary/aromatic N) is 1. The molecule has 0 atom stereocenters. The molecule has 0 fully saturated rings. The van der Waals surface area contributed by atoms with Crippen LogP contribution >= 0.6 is 0 Å². The Morgan fingerprint density at radius 1 is 1.30 bits per heavy atom. The quantitative estimate of drug-likeness (QED) is 0.831. The van der Waals surface area contributed by atoms with E-state index < -0.39 is 6.09 Å². The second kappa shape index (κ2) is 7.39. The molecule has 0 spiro atoms. The molecule has 0 saturated carbocycles. The van der Waals surface area contributed by atoms with Gasteiger partial charge in [0, 0.05) is 24.3 Å². The summed E-state index contributed by atoms with van der Waals surface area (Å²) in [4.78, 5) is 11.0. The molecule has 20 heavy (non-hydrogen) atoms. The average molecular weight is 275 g/mol. The molecule has 1 aromatic rings. The molecule has 5 heteroatoms. The maximum atomic E-state index is 11.0. The highest BCUT2D eigenvalue weighted by Crippen LogP contribution is 2.23. The summed E-state index contributed by atoms with van der Waals surface area (Å²) >= 11 is 0.